The average Bonchev–Trinajstić information content (AvgIpc) is 2.76. The molecule has 156 valence electrons. The Balaban J connectivity index is 1.98. The SMILES string of the molecule is CCC(C)c1ccccc1OC(C)C(=O)NNC(=O)c1ccc(OC)c(OC)c1. The molecule has 0 saturated carbocycles. The van der Waals surface area contributed by atoms with Gasteiger partial charge in [0.2, 0.25) is 0 Å². The summed E-state index contributed by atoms with van der Waals surface area (Å²) in [6, 6.07) is 12.4. The minimum absolute atomic E-state index is 0.311. The van der Waals surface area contributed by atoms with Gasteiger partial charge in [0.1, 0.15) is 5.75 Å². The fraction of sp³-hybridized carbons (Fsp3) is 0.364. The topological polar surface area (TPSA) is 85.9 Å². The lowest BCUT2D eigenvalue weighted by atomic mass is 9.98. The van der Waals surface area contributed by atoms with Gasteiger partial charge in [-0.25, -0.2) is 0 Å². The highest BCUT2D eigenvalue weighted by Crippen LogP contribution is 2.29. The van der Waals surface area contributed by atoms with Gasteiger partial charge in [-0.2, -0.15) is 0 Å². The third-order valence-electron chi connectivity index (χ3n) is 4.68. The highest BCUT2D eigenvalue weighted by molar-refractivity contribution is 5.96. The molecule has 0 heterocycles. The van der Waals surface area contributed by atoms with Crippen LogP contribution in [0.25, 0.3) is 0 Å². The molecule has 2 aromatic carbocycles. The van der Waals surface area contributed by atoms with Gasteiger partial charge in [0.15, 0.2) is 17.6 Å². The van der Waals surface area contributed by atoms with E-state index in [9.17, 15) is 9.59 Å². The smallest absolute Gasteiger partial charge is 0.279 e. The number of hydrazine groups is 1. The summed E-state index contributed by atoms with van der Waals surface area (Å²) in [5, 5.41) is 0. The van der Waals surface area contributed by atoms with Crippen LogP contribution in [0.3, 0.4) is 0 Å². The predicted molar refractivity (Wildman–Crippen MR) is 110 cm³/mol. The fourth-order valence-corrected chi connectivity index (χ4v) is 2.73. The number of methoxy groups -OCH3 is 2. The Hall–Kier alpha value is -3.22. The number of para-hydroxylation sites is 1. The normalized spacial score (nSPS) is 12.4. The van der Waals surface area contributed by atoms with Crippen LogP contribution >= 0.6 is 0 Å². The first kappa shape index (κ1) is 22.1. The van der Waals surface area contributed by atoms with E-state index in [4.69, 9.17) is 14.2 Å². The van der Waals surface area contributed by atoms with Crippen LogP contribution in [0, 0.1) is 0 Å². The Morgan fingerprint density at radius 1 is 0.931 bits per heavy atom. The summed E-state index contributed by atoms with van der Waals surface area (Å²) in [7, 11) is 3.00. The first-order chi connectivity index (χ1) is 13.9. The zero-order chi connectivity index (χ0) is 21.4. The molecule has 2 amide bonds. The maximum Gasteiger partial charge on any atom is 0.279 e. The number of nitrogens with one attached hydrogen (secondary N) is 2. The van der Waals surface area contributed by atoms with Gasteiger partial charge in [-0.1, -0.05) is 32.0 Å². The molecule has 29 heavy (non-hydrogen) atoms. The molecule has 0 aromatic heterocycles. The van der Waals surface area contributed by atoms with Crippen LogP contribution in [0.5, 0.6) is 17.2 Å². The van der Waals surface area contributed by atoms with E-state index in [1.54, 1.807) is 19.1 Å². The van der Waals surface area contributed by atoms with Crippen molar-refractivity contribution >= 4 is 11.8 Å². The van der Waals surface area contributed by atoms with Crippen LogP contribution in [0.15, 0.2) is 42.5 Å². The number of hydrogen-bond acceptors (Lipinski definition) is 5. The maximum atomic E-state index is 12.4. The van der Waals surface area contributed by atoms with Crippen LogP contribution in [0.2, 0.25) is 0 Å². The average molecular weight is 400 g/mol. The van der Waals surface area contributed by atoms with E-state index in [0.29, 0.717) is 28.7 Å². The quantitative estimate of drug-likeness (QED) is 0.663. The summed E-state index contributed by atoms with van der Waals surface area (Å²) >= 11 is 0. The molecule has 2 rings (SSSR count). The molecule has 0 bridgehead atoms. The predicted octanol–water partition coefficient (Wildman–Crippen LogP) is 3.45. The number of amides is 2. The van der Waals surface area contributed by atoms with Crippen molar-refractivity contribution in [1.82, 2.24) is 10.9 Å². The zero-order valence-corrected chi connectivity index (χ0v) is 17.4. The zero-order valence-electron chi connectivity index (χ0n) is 17.4. The number of ether oxygens (including phenoxy) is 3. The molecule has 2 N–H and O–H groups in total. The van der Waals surface area contributed by atoms with Crippen molar-refractivity contribution in [3.8, 4) is 17.2 Å². The van der Waals surface area contributed by atoms with E-state index in [1.807, 2.05) is 24.3 Å². The Morgan fingerprint density at radius 3 is 2.28 bits per heavy atom. The number of benzene rings is 2. The van der Waals surface area contributed by atoms with Crippen molar-refractivity contribution in [3.05, 3.63) is 53.6 Å². The first-order valence-corrected chi connectivity index (χ1v) is 9.49. The summed E-state index contributed by atoms with van der Waals surface area (Å²) in [4.78, 5) is 24.7. The molecule has 7 nitrogen and oxygen atoms in total. The van der Waals surface area contributed by atoms with Crippen molar-refractivity contribution in [2.75, 3.05) is 14.2 Å². The molecule has 0 aliphatic carbocycles. The van der Waals surface area contributed by atoms with Crippen molar-refractivity contribution < 1.29 is 23.8 Å². The Bertz CT molecular complexity index is 853. The molecule has 0 saturated heterocycles. The van der Waals surface area contributed by atoms with Gasteiger partial charge in [0.25, 0.3) is 11.8 Å². The van der Waals surface area contributed by atoms with Crippen molar-refractivity contribution in [3.63, 3.8) is 0 Å². The largest absolute Gasteiger partial charge is 0.493 e. The Kier molecular flexibility index (Phi) is 7.88. The molecule has 0 spiro atoms. The van der Waals surface area contributed by atoms with E-state index in [2.05, 4.69) is 24.7 Å². The second-order valence-corrected chi connectivity index (χ2v) is 6.62. The summed E-state index contributed by atoms with van der Waals surface area (Å²) in [6.07, 6.45) is 0.174. The highest BCUT2D eigenvalue weighted by atomic mass is 16.5. The van der Waals surface area contributed by atoms with Crippen molar-refractivity contribution in [2.24, 2.45) is 0 Å². The van der Waals surface area contributed by atoms with E-state index >= 15 is 0 Å². The molecular formula is C22H28N2O5. The minimum Gasteiger partial charge on any atom is -0.493 e. The molecule has 0 aliphatic rings. The molecule has 2 atom stereocenters. The van der Waals surface area contributed by atoms with Gasteiger partial charge in [0.05, 0.1) is 14.2 Å². The maximum absolute atomic E-state index is 12.4. The minimum atomic E-state index is -0.786. The lowest BCUT2D eigenvalue weighted by molar-refractivity contribution is -0.128. The number of rotatable bonds is 8. The van der Waals surface area contributed by atoms with Crippen LogP contribution in [-0.2, 0) is 4.79 Å². The van der Waals surface area contributed by atoms with Crippen LogP contribution in [-0.4, -0.2) is 32.1 Å². The number of carbonyl (C=O) groups excluding carboxylic acids is 2. The van der Waals surface area contributed by atoms with Gasteiger partial charge in [0, 0.05) is 5.56 Å². The van der Waals surface area contributed by atoms with Gasteiger partial charge < -0.3 is 14.2 Å². The molecule has 0 aliphatic heterocycles. The van der Waals surface area contributed by atoms with Crippen LogP contribution in [0.1, 0.15) is 49.0 Å². The fourth-order valence-electron chi connectivity index (χ4n) is 2.73. The molecule has 7 heteroatoms. The molecule has 2 aromatic rings. The summed E-state index contributed by atoms with van der Waals surface area (Å²) in [5.41, 5.74) is 6.15. The third kappa shape index (κ3) is 5.63. The lowest BCUT2D eigenvalue weighted by Gasteiger charge is -2.19. The van der Waals surface area contributed by atoms with Gasteiger partial charge in [-0.15, -0.1) is 0 Å². The Morgan fingerprint density at radius 2 is 1.62 bits per heavy atom. The second-order valence-electron chi connectivity index (χ2n) is 6.62. The summed E-state index contributed by atoms with van der Waals surface area (Å²) < 4.78 is 16.2. The van der Waals surface area contributed by atoms with E-state index in [1.165, 1.54) is 20.3 Å². The van der Waals surface area contributed by atoms with Crippen molar-refractivity contribution in [2.45, 2.75) is 39.2 Å². The van der Waals surface area contributed by atoms with Crippen LogP contribution in [0.4, 0.5) is 0 Å². The first-order valence-electron chi connectivity index (χ1n) is 9.49. The molecule has 2 unspecified atom stereocenters. The number of hydrogen-bond donors (Lipinski definition) is 2. The standard InChI is InChI=1S/C22H28N2O5/c1-6-14(2)17-9-7-8-10-18(17)29-15(3)21(25)23-24-22(26)16-11-12-19(27-4)20(13-16)28-5/h7-15H,6H2,1-5H3,(H,23,25)(H,24,26). The summed E-state index contributed by atoms with van der Waals surface area (Å²) in [5.74, 6) is 0.964. The van der Waals surface area contributed by atoms with E-state index in [-0.39, 0.29) is 0 Å². The van der Waals surface area contributed by atoms with E-state index in [0.717, 1.165) is 12.0 Å². The second kappa shape index (κ2) is 10.4. The monoisotopic (exact) mass is 400 g/mol. The lowest BCUT2D eigenvalue weighted by Crippen LogP contribution is -2.47. The highest BCUT2D eigenvalue weighted by Gasteiger charge is 2.19. The van der Waals surface area contributed by atoms with Crippen molar-refractivity contribution in [1.29, 1.82) is 0 Å². The summed E-state index contributed by atoms with van der Waals surface area (Å²) in [6.45, 7) is 5.84. The molecular weight excluding hydrogens is 372 g/mol. The Labute approximate surface area is 171 Å². The van der Waals surface area contributed by atoms with Gasteiger partial charge in [-0.05, 0) is 49.1 Å². The number of carbonyl (C=O) groups is 2. The molecule has 0 radical (unpaired) electrons. The van der Waals surface area contributed by atoms with Gasteiger partial charge in [-0.3, -0.25) is 20.4 Å². The van der Waals surface area contributed by atoms with E-state index < -0.39 is 17.9 Å². The molecule has 0 fully saturated rings. The third-order valence-corrected chi connectivity index (χ3v) is 4.68. The van der Waals surface area contributed by atoms with Gasteiger partial charge >= 0.3 is 0 Å². The van der Waals surface area contributed by atoms with Crippen LogP contribution < -0.4 is 25.1 Å².